The van der Waals surface area contributed by atoms with Gasteiger partial charge >= 0.3 is 0 Å². The minimum absolute atomic E-state index is 0.750. The fraction of sp³-hybridized carbons (Fsp3) is 1.00. The molecule has 1 aliphatic rings. The van der Waals surface area contributed by atoms with Crippen molar-refractivity contribution in [2.45, 2.75) is 39.7 Å². The average Bonchev–Trinajstić information content (AvgIpc) is 2.42. The molecule has 0 radical (unpaired) electrons. The fourth-order valence-corrected chi connectivity index (χ4v) is 1.12. The molecule has 2 nitrogen and oxygen atoms in total. The lowest BCUT2D eigenvalue weighted by Gasteiger charge is -2.06. The van der Waals surface area contributed by atoms with Crippen LogP contribution in [0.3, 0.4) is 0 Å². The van der Waals surface area contributed by atoms with Gasteiger partial charge in [0.05, 0.1) is 0 Å². The number of rotatable bonds is 2. The lowest BCUT2D eigenvalue weighted by atomic mass is 10.3. The van der Waals surface area contributed by atoms with Crippen LogP contribution in [0.5, 0.6) is 0 Å². The van der Waals surface area contributed by atoms with Gasteiger partial charge in [-0.05, 0) is 19.5 Å². The SMILES string of the molecule is CCC.CCNC1CCNC1. The summed E-state index contributed by atoms with van der Waals surface area (Å²) >= 11 is 0. The average molecular weight is 158 g/mol. The third kappa shape index (κ3) is 6.32. The molecule has 0 saturated carbocycles. The highest BCUT2D eigenvalue weighted by molar-refractivity contribution is 4.76. The van der Waals surface area contributed by atoms with Crippen LogP contribution in [0.15, 0.2) is 0 Å². The highest BCUT2D eigenvalue weighted by Gasteiger charge is 2.10. The van der Waals surface area contributed by atoms with Crippen molar-refractivity contribution in [2.75, 3.05) is 19.6 Å². The summed E-state index contributed by atoms with van der Waals surface area (Å²) in [5, 5.41) is 6.68. The molecular weight excluding hydrogens is 136 g/mol. The van der Waals surface area contributed by atoms with Crippen molar-refractivity contribution >= 4 is 0 Å². The molecule has 0 bridgehead atoms. The van der Waals surface area contributed by atoms with Crippen LogP contribution < -0.4 is 10.6 Å². The maximum absolute atomic E-state index is 3.38. The van der Waals surface area contributed by atoms with Crippen LogP contribution >= 0.6 is 0 Å². The zero-order chi connectivity index (χ0) is 8.53. The second-order valence-corrected chi connectivity index (χ2v) is 2.95. The second-order valence-electron chi connectivity index (χ2n) is 2.95. The van der Waals surface area contributed by atoms with E-state index in [0.29, 0.717) is 0 Å². The maximum Gasteiger partial charge on any atom is 0.0204 e. The Labute approximate surface area is 70.8 Å². The Bertz CT molecular complexity index is 68.0. The number of likely N-dealkylation sites (N-methyl/N-ethyl adjacent to an activating group) is 1. The Kier molecular flexibility index (Phi) is 7.96. The van der Waals surface area contributed by atoms with E-state index in [-0.39, 0.29) is 0 Å². The highest BCUT2D eigenvalue weighted by atomic mass is 15.0. The summed E-state index contributed by atoms with van der Waals surface area (Å²) in [4.78, 5) is 0. The topological polar surface area (TPSA) is 24.1 Å². The first-order chi connectivity index (χ1) is 5.35. The summed E-state index contributed by atoms with van der Waals surface area (Å²) in [6.07, 6.45) is 2.55. The Morgan fingerprint density at radius 1 is 1.36 bits per heavy atom. The van der Waals surface area contributed by atoms with E-state index >= 15 is 0 Å². The van der Waals surface area contributed by atoms with E-state index in [2.05, 4.69) is 31.4 Å². The standard InChI is InChI=1S/C6H14N2.C3H8/c1-2-8-6-3-4-7-5-6;1-3-2/h6-8H,2-5H2,1H3;3H2,1-2H3. The summed E-state index contributed by atoms with van der Waals surface area (Å²) in [5.74, 6) is 0. The molecular formula is C9H22N2. The predicted molar refractivity (Wildman–Crippen MR) is 50.9 cm³/mol. The first kappa shape index (κ1) is 10.9. The number of nitrogens with one attached hydrogen (secondary N) is 2. The van der Waals surface area contributed by atoms with Gasteiger partial charge < -0.3 is 10.6 Å². The van der Waals surface area contributed by atoms with Crippen LogP contribution in [0.4, 0.5) is 0 Å². The van der Waals surface area contributed by atoms with Crippen LogP contribution in [-0.2, 0) is 0 Å². The first-order valence-electron chi connectivity index (χ1n) is 4.79. The molecule has 0 aromatic carbocycles. The third-order valence-electron chi connectivity index (χ3n) is 1.55. The largest absolute Gasteiger partial charge is 0.315 e. The zero-order valence-corrected chi connectivity index (χ0v) is 8.11. The molecule has 1 aliphatic heterocycles. The predicted octanol–water partition coefficient (Wildman–Crippen LogP) is 1.37. The van der Waals surface area contributed by atoms with Crippen molar-refractivity contribution in [3.63, 3.8) is 0 Å². The van der Waals surface area contributed by atoms with Gasteiger partial charge in [-0.25, -0.2) is 0 Å². The smallest absolute Gasteiger partial charge is 0.0204 e. The quantitative estimate of drug-likeness (QED) is 0.634. The molecule has 0 aromatic rings. The first-order valence-corrected chi connectivity index (χ1v) is 4.79. The van der Waals surface area contributed by atoms with E-state index in [1.807, 2.05) is 0 Å². The van der Waals surface area contributed by atoms with Crippen LogP contribution in [0, 0.1) is 0 Å². The van der Waals surface area contributed by atoms with Gasteiger partial charge in [0, 0.05) is 12.6 Å². The van der Waals surface area contributed by atoms with Gasteiger partial charge in [-0.1, -0.05) is 27.2 Å². The van der Waals surface area contributed by atoms with E-state index in [1.165, 1.54) is 19.4 Å². The maximum atomic E-state index is 3.38. The molecule has 2 heteroatoms. The van der Waals surface area contributed by atoms with E-state index in [1.54, 1.807) is 0 Å². The minimum Gasteiger partial charge on any atom is -0.315 e. The van der Waals surface area contributed by atoms with E-state index in [4.69, 9.17) is 0 Å². The molecule has 68 valence electrons. The molecule has 0 spiro atoms. The molecule has 0 amide bonds. The molecule has 1 rings (SSSR count). The van der Waals surface area contributed by atoms with E-state index in [9.17, 15) is 0 Å². The van der Waals surface area contributed by atoms with E-state index < -0.39 is 0 Å². The van der Waals surface area contributed by atoms with Crippen molar-refractivity contribution < 1.29 is 0 Å². The molecule has 1 saturated heterocycles. The van der Waals surface area contributed by atoms with Crippen LogP contribution in [0.2, 0.25) is 0 Å². The number of hydrogen-bond acceptors (Lipinski definition) is 2. The third-order valence-corrected chi connectivity index (χ3v) is 1.55. The van der Waals surface area contributed by atoms with Gasteiger partial charge in [-0.15, -0.1) is 0 Å². The summed E-state index contributed by atoms with van der Waals surface area (Å²) in [6, 6.07) is 0.750. The highest BCUT2D eigenvalue weighted by Crippen LogP contribution is 1.94. The normalized spacial score (nSPS) is 22.6. The summed E-state index contributed by atoms with van der Waals surface area (Å²) in [5.41, 5.74) is 0. The molecule has 1 atom stereocenters. The molecule has 1 unspecified atom stereocenters. The fourth-order valence-electron chi connectivity index (χ4n) is 1.12. The van der Waals surface area contributed by atoms with Crippen molar-refractivity contribution in [3.05, 3.63) is 0 Å². The van der Waals surface area contributed by atoms with Gasteiger partial charge in [0.15, 0.2) is 0 Å². The van der Waals surface area contributed by atoms with Gasteiger partial charge in [0.1, 0.15) is 0 Å². The molecule has 0 aromatic heterocycles. The molecule has 2 N–H and O–H groups in total. The van der Waals surface area contributed by atoms with Gasteiger partial charge in [0.25, 0.3) is 0 Å². The van der Waals surface area contributed by atoms with E-state index in [0.717, 1.165) is 19.1 Å². The Hall–Kier alpha value is -0.0800. The summed E-state index contributed by atoms with van der Waals surface area (Å²) in [7, 11) is 0. The summed E-state index contributed by atoms with van der Waals surface area (Å²) in [6.45, 7) is 9.86. The zero-order valence-electron chi connectivity index (χ0n) is 8.11. The van der Waals surface area contributed by atoms with Crippen molar-refractivity contribution in [1.82, 2.24) is 10.6 Å². The Morgan fingerprint density at radius 3 is 2.36 bits per heavy atom. The summed E-state index contributed by atoms with van der Waals surface area (Å²) < 4.78 is 0. The number of hydrogen-bond donors (Lipinski definition) is 2. The lowest BCUT2D eigenvalue weighted by Crippen LogP contribution is -2.30. The van der Waals surface area contributed by atoms with Gasteiger partial charge in [-0.3, -0.25) is 0 Å². The van der Waals surface area contributed by atoms with Crippen LogP contribution in [0.25, 0.3) is 0 Å². The van der Waals surface area contributed by atoms with Crippen molar-refractivity contribution in [1.29, 1.82) is 0 Å². The van der Waals surface area contributed by atoms with Crippen molar-refractivity contribution in [3.8, 4) is 0 Å². The monoisotopic (exact) mass is 158 g/mol. The second kappa shape index (κ2) is 8.02. The van der Waals surface area contributed by atoms with Crippen LogP contribution in [-0.4, -0.2) is 25.7 Å². The lowest BCUT2D eigenvalue weighted by molar-refractivity contribution is 0.567. The molecule has 11 heavy (non-hydrogen) atoms. The Balaban J connectivity index is 0.000000292. The van der Waals surface area contributed by atoms with Gasteiger partial charge in [0.2, 0.25) is 0 Å². The molecule has 0 aliphatic carbocycles. The van der Waals surface area contributed by atoms with Gasteiger partial charge in [-0.2, -0.15) is 0 Å². The van der Waals surface area contributed by atoms with Crippen LogP contribution in [0.1, 0.15) is 33.6 Å². The molecule has 1 fully saturated rings. The minimum atomic E-state index is 0.750. The van der Waals surface area contributed by atoms with Crippen molar-refractivity contribution in [2.24, 2.45) is 0 Å². The Morgan fingerprint density at radius 2 is 2.00 bits per heavy atom. The molecule has 1 heterocycles.